The molecule has 2 rings (SSSR count). The van der Waals surface area contributed by atoms with E-state index in [-0.39, 0.29) is 5.97 Å². The molecule has 0 radical (unpaired) electrons. The lowest BCUT2D eigenvalue weighted by Gasteiger charge is -2.32. The van der Waals surface area contributed by atoms with Crippen LogP contribution in [0.15, 0.2) is 22.7 Å². The fourth-order valence-electron chi connectivity index (χ4n) is 2.16. The molecule has 0 saturated carbocycles. The van der Waals surface area contributed by atoms with Crippen LogP contribution in [0.3, 0.4) is 0 Å². The number of benzene rings is 1. The summed E-state index contributed by atoms with van der Waals surface area (Å²) in [4.78, 5) is 12.2. The molecule has 1 aromatic rings. The molecule has 1 aromatic carbocycles. The molecular weight excluding hydrogens is 359 g/mol. The van der Waals surface area contributed by atoms with Gasteiger partial charge in [-0.15, -0.1) is 0 Å². The Hall–Kier alpha value is -0.845. The van der Waals surface area contributed by atoms with Crippen LogP contribution in [-0.2, 0) is 14.0 Å². The van der Waals surface area contributed by atoms with Gasteiger partial charge in [0.25, 0.3) is 0 Å². The summed E-state index contributed by atoms with van der Waals surface area (Å²) in [7, 11) is -0.455. The van der Waals surface area contributed by atoms with Gasteiger partial charge in [0.1, 0.15) is 5.60 Å². The van der Waals surface area contributed by atoms with E-state index in [1.807, 2.05) is 60.6 Å². The molecule has 1 saturated heterocycles. The Morgan fingerprint density at radius 1 is 1.13 bits per heavy atom. The van der Waals surface area contributed by atoms with Crippen LogP contribution in [0, 0.1) is 0 Å². The smallest absolute Gasteiger partial charge is 0.456 e. The van der Waals surface area contributed by atoms with E-state index in [4.69, 9.17) is 14.0 Å². The SMILES string of the molecule is CC(C)(C)OC(=O)c1ccc(B2OC(C)(C)C(C)(C)O2)cc1Br. The molecule has 0 unspecified atom stereocenters. The van der Waals surface area contributed by atoms with E-state index in [0.717, 1.165) is 5.46 Å². The summed E-state index contributed by atoms with van der Waals surface area (Å²) >= 11 is 3.45. The topological polar surface area (TPSA) is 44.8 Å². The molecule has 0 amide bonds. The van der Waals surface area contributed by atoms with Gasteiger partial charge in [-0.1, -0.05) is 6.07 Å². The van der Waals surface area contributed by atoms with E-state index in [1.165, 1.54) is 0 Å². The second-order valence-electron chi connectivity index (χ2n) is 7.83. The monoisotopic (exact) mass is 382 g/mol. The number of ether oxygens (including phenoxy) is 1. The van der Waals surface area contributed by atoms with Gasteiger partial charge in [0.05, 0.1) is 16.8 Å². The number of hydrogen-bond donors (Lipinski definition) is 0. The molecular formula is C17H24BBrO4. The third kappa shape index (κ3) is 3.98. The molecule has 1 fully saturated rings. The highest BCUT2D eigenvalue weighted by Crippen LogP contribution is 2.36. The summed E-state index contributed by atoms with van der Waals surface area (Å²) in [5.74, 6) is -0.357. The number of carbonyl (C=O) groups is 1. The fraction of sp³-hybridized carbons (Fsp3) is 0.588. The van der Waals surface area contributed by atoms with Gasteiger partial charge < -0.3 is 14.0 Å². The highest BCUT2D eigenvalue weighted by atomic mass is 79.9. The van der Waals surface area contributed by atoms with Crippen LogP contribution < -0.4 is 5.46 Å². The largest absolute Gasteiger partial charge is 0.494 e. The van der Waals surface area contributed by atoms with Crippen molar-refractivity contribution in [2.75, 3.05) is 0 Å². The van der Waals surface area contributed by atoms with Crippen LogP contribution in [0.4, 0.5) is 0 Å². The van der Waals surface area contributed by atoms with Gasteiger partial charge in [-0.25, -0.2) is 4.79 Å². The molecule has 0 spiro atoms. The minimum Gasteiger partial charge on any atom is -0.456 e. The van der Waals surface area contributed by atoms with Gasteiger partial charge in [0.15, 0.2) is 0 Å². The number of carbonyl (C=O) groups excluding carboxylic acids is 1. The Balaban J connectivity index is 2.23. The molecule has 4 nitrogen and oxygen atoms in total. The van der Waals surface area contributed by atoms with Crippen molar-refractivity contribution in [1.82, 2.24) is 0 Å². The fourth-order valence-corrected chi connectivity index (χ4v) is 2.71. The van der Waals surface area contributed by atoms with E-state index < -0.39 is 23.9 Å². The Kier molecular flexibility index (Phi) is 4.75. The summed E-state index contributed by atoms with van der Waals surface area (Å²) in [5.41, 5.74) is 0.0334. The zero-order valence-corrected chi connectivity index (χ0v) is 16.4. The molecule has 6 heteroatoms. The van der Waals surface area contributed by atoms with Gasteiger partial charge in [0, 0.05) is 4.47 Å². The van der Waals surface area contributed by atoms with Crippen molar-refractivity contribution >= 4 is 34.5 Å². The van der Waals surface area contributed by atoms with Crippen molar-refractivity contribution in [2.45, 2.75) is 65.3 Å². The van der Waals surface area contributed by atoms with Crippen LogP contribution in [0.5, 0.6) is 0 Å². The van der Waals surface area contributed by atoms with E-state index in [2.05, 4.69) is 15.9 Å². The van der Waals surface area contributed by atoms with E-state index in [0.29, 0.717) is 10.0 Å². The number of hydrogen-bond acceptors (Lipinski definition) is 4. The van der Waals surface area contributed by atoms with Crippen LogP contribution >= 0.6 is 15.9 Å². The molecule has 0 aromatic heterocycles. The van der Waals surface area contributed by atoms with Crippen molar-refractivity contribution in [3.63, 3.8) is 0 Å². The summed E-state index contributed by atoms with van der Waals surface area (Å²) in [6.07, 6.45) is 0. The number of halogens is 1. The number of rotatable bonds is 2. The minimum atomic E-state index is -0.527. The molecule has 0 N–H and O–H groups in total. The lowest BCUT2D eigenvalue weighted by Crippen LogP contribution is -2.41. The van der Waals surface area contributed by atoms with Gasteiger partial charge >= 0.3 is 13.1 Å². The Morgan fingerprint density at radius 2 is 1.65 bits per heavy atom. The van der Waals surface area contributed by atoms with Crippen LogP contribution in [0.25, 0.3) is 0 Å². The quantitative estimate of drug-likeness (QED) is 0.577. The highest BCUT2D eigenvalue weighted by molar-refractivity contribution is 9.10. The van der Waals surface area contributed by atoms with E-state index >= 15 is 0 Å². The van der Waals surface area contributed by atoms with Gasteiger partial charge in [-0.2, -0.15) is 0 Å². The average Bonchev–Trinajstić information content (AvgIpc) is 2.56. The molecule has 0 bridgehead atoms. The molecule has 23 heavy (non-hydrogen) atoms. The first kappa shape index (κ1) is 18.5. The normalized spacial score (nSPS) is 19.7. The maximum atomic E-state index is 12.2. The predicted octanol–water partition coefficient (Wildman–Crippen LogP) is 3.70. The van der Waals surface area contributed by atoms with Gasteiger partial charge in [-0.3, -0.25) is 0 Å². The first-order chi connectivity index (χ1) is 10.3. The molecule has 0 atom stereocenters. The van der Waals surface area contributed by atoms with Crippen LogP contribution in [-0.4, -0.2) is 29.9 Å². The lowest BCUT2D eigenvalue weighted by molar-refractivity contribution is 0.00578. The summed E-state index contributed by atoms with van der Waals surface area (Å²) in [6.45, 7) is 13.6. The van der Waals surface area contributed by atoms with Crippen molar-refractivity contribution in [3.8, 4) is 0 Å². The van der Waals surface area contributed by atoms with E-state index in [1.54, 1.807) is 6.07 Å². The summed E-state index contributed by atoms with van der Waals surface area (Å²) < 4.78 is 18.1. The minimum absolute atomic E-state index is 0.357. The maximum absolute atomic E-state index is 12.2. The van der Waals surface area contributed by atoms with Crippen molar-refractivity contribution in [1.29, 1.82) is 0 Å². The van der Waals surface area contributed by atoms with Gasteiger partial charge in [-0.05, 0) is 82.0 Å². The summed E-state index contributed by atoms with van der Waals surface area (Å²) in [6, 6.07) is 5.42. The second-order valence-corrected chi connectivity index (χ2v) is 8.68. The lowest BCUT2D eigenvalue weighted by atomic mass is 9.79. The van der Waals surface area contributed by atoms with E-state index in [9.17, 15) is 4.79 Å². The average molecular weight is 383 g/mol. The Bertz CT molecular complexity index is 604. The molecule has 1 aliphatic rings. The maximum Gasteiger partial charge on any atom is 0.494 e. The van der Waals surface area contributed by atoms with Crippen LogP contribution in [0.1, 0.15) is 58.8 Å². The van der Waals surface area contributed by atoms with Crippen molar-refractivity contribution in [2.24, 2.45) is 0 Å². The summed E-state index contributed by atoms with van der Waals surface area (Å²) in [5, 5.41) is 0. The van der Waals surface area contributed by atoms with Crippen LogP contribution in [0.2, 0.25) is 0 Å². The highest BCUT2D eigenvalue weighted by Gasteiger charge is 2.51. The molecule has 1 aliphatic heterocycles. The molecule has 126 valence electrons. The second kappa shape index (κ2) is 5.90. The Morgan fingerprint density at radius 3 is 2.09 bits per heavy atom. The third-order valence-electron chi connectivity index (χ3n) is 4.14. The van der Waals surface area contributed by atoms with Crippen molar-refractivity contribution < 1.29 is 18.8 Å². The first-order valence-electron chi connectivity index (χ1n) is 7.71. The predicted molar refractivity (Wildman–Crippen MR) is 95.0 cm³/mol. The van der Waals surface area contributed by atoms with Crippen molar-refractivity contribution in [3.05, 3.63) is 28.2 Å². The zero-order chi connectivity index (χ0) is 17.6. The standard InChI is InChI=1S/C17H24BBrO4/c1-15(2,3)21-14(20)12-9-8-11(10-13(12)19)18-22-16(4,5)17(6,7)23-18/h8-10H,1-7H3. The molecule has 0 aliphatic carbocycles. The first-order valence-corrected chi connectivity index (χ1v) is 8.50. The zero-order valence-electron chi connectivity index (χ0n) is 14.8. The molecule has 1 heterocycles. The Labute approximate surface area is 147 Å². The number of esters is 1. The third-order valence-corrected chi connectivity index (χ3v) is 4.79. The van der Waals surface area contributed by atoms with Gasteiger partial charge in [0.2, 0.25) is 0 Å².